The number of hydrogen-bond acceptors (Lipinski definition) is 9. The normalized spacial score (nSPS) is 13.3. The maximum absolute atomic E-state index is 12.6. The second-order valence-corrected chi connectivity index (χ2v) is 11.6. The average Bonchev–Trinajstić information content (AvgIpc) is 3.40. The highest BCUT2D eigenvalue weighted by molar-refractivity contribution is 8.00. The molecule has 0 radical (unpaired) electrons. The van der Waals surface area contributed by atoms with Gasteiger partial charge in [-0.15, -0.1) is 23.1 Å². The molecule has 38 heavy (non-hydrogen) atoms. The molecule has 2 aromatic heterocycles. The molecule has 202 valence electrons. The van der Waals surface area contributed by atoms with E-state index < -0.39 is 11.9 Å². The molecule has 12 heteroatoms. The highest BCUT2D eigenvalue weighted by Gasteiger charge is 2.27. The van der Waals surface area contributed by atoms with E-state index in [0.29, 0.717) is 27.5 Å². The third-order valence-corrected chi connectivity index (χ3v) is 9.12. The zero-order chi connectivity index (χ0) is 27.2. The summed E-state index contributed by atoms with van der Waals surface area (Å²) < 4.78 is 12.9. The van der Waals surface area contributed by atoms with Crippen LogP contribution in [0.15, 0.2) is 23.2 Å². The van der Waals surface area contributed by atoms with Crippen LogP contribution in [-0.2, 0) is 39.0 Å². The Balaban J connectivity index is 1.38. The Morgan fingerprint density at radius 3 is 2.53 bits per heavy atom. The van der Waals surface area contributed by atoms with E-state index in [-0.39, 0.29) is 29.9 Å². The van der Waals surface area contributed by atoms with Gasteiger partial charge in [0.15, 0.2) is 4.80 Å². The van der Waals surface area contributed by atoms with Gasteiger partial charge in [-0.2, -0.15) is 4.99 Å². The summed E-state index contributed by atoms with van der Waals surface area (Å²) in [6.07, 6.45) is 3.77. The number of aromatic nitrogens is 1. The number of ether oxygens (including phenoxy) is 2. The van der Waals surface area contributed by atoms with E-state index >= 15 is 0 Å². The average molecular weight is 576 g/mol. The zero-order valence-electron chi connectivity index (χ0n) is 21.5. The van der Waals surface area contributed by atoms with Crippen LogP contribution in [0.25, 0.3) is 10.2 Å². The van der Waals surface area contributed by atoms with E-state index in [1.165, 1.54) is 22.7 Å². The van der Waals surface area contributed by atoms with E-state index in [9.17, 15) is 19.2 Å². The van der Waals surface area contributed by atoms with Crippen molar-refractivity contribution in [1.82, 2.24) is 4.57 Å². The Bertz CT molecular complexity index is 1450. The van der Waals surface area contributed by atoms with Crippen molar-refractivity contribution in [3.05, 3.63) is 44.6 Å². The predicted octanol–water partition coefficient (Wildman–Crippen LogP) is 4.33. The van der Waals surface area contributed by atoms with Crippen molar-refractivity contribution in [3.63, 3.8) is 0 Å². The number of benzene rings is 1. The molecule has 0 bridgehead atoms. The van der Waals surface area contributed by atoms with Gasteiger partial charge in [0.1, 0.15) is 5.00 Å². The number of thiophene rings is 1. The van der Waals surface area contributed by atoms with Crippen LogP contribution in [0.5, 0.6) is 0 Å². The number of thioether (sulfide) groups is 1. The largest absolute Gasteiger partial charge is 0.462 e. The minimum atomic E-state index is -0.408. The van der Waals surface area contributed by atoms with Gasteiger partial charge in [-0.1, -0.05) is 11.3 Å². The molecular weight excluding hydrogens is 547 g/mol. The Kier molecular flexibility index (Phi) is 9.40. The first-order valence-electron chi connectivity index (χ1n) is 12.4. The van der Waals surface area contributed by atoms with E-state index in [1.807, 2.05) is 0 Å². The summed E-state index contributed by atoms with van der Waals surface area (Å²) in [5, 5.41) is 3.38. The number of carbonyl (C=O) groups is 4. The third kappa shape index (κ3) is 6.36. The van der Waals surface area contributed by atoms with Gasteiger partial charge in [0.25, 0.3) is 5.91 Å². The van der Waals surface area contributed by atoms with Crippen LogP contribution in [0.2, 0.25) is 0 Å². The zero-order valence-corrected chi connectivity index (χ0v) is 23.9. The maximum Gasteiger partial charge on any atom is 0.341 e. The molecule has 1 aliphatic carbocycles. The summed E-state index contributed by atoms with van der Waals surface area (Å²) in [5.41, 5.74) is 2.75. The maximum atomic E-state index is 12.6. The highest BCUT2D eigenvalue weighted by atomic mass is 32.2. The van der Waals surface area contributed by atoms with Crippen molar-refractivity contribution < 1.29 is 28.7 Å². The first kappa shape index (κ1) is 28.1. The molecule has 3 aromatic rings. The number of thiazole rings is 1. The number of rotatable bonds is 9. The molecular formula is C26H29N3O6S3. The number of nitrogens with one attached hydrogen (secondary N) is 1. The number of hydrogen-bond donors (Lipinski definition) is 1. The van der Waals surface area contributed by atoms with Gasteiger partial charge in [0.2, 0.25) is 5.91 Å². The predicted molar refractivity (Wildman–Crippen MR) is 150 cm³/mol. The summed E-state index contributed by atoms with van der Waals surface area (Å²) in [6.45, 7) is 4.07. The first-order chi connectivity index (χ1) is 18.3. The molecule has 1 aliphatic rings. The standard InChI is InChI=1S/C26H29N3O6S3/c1-4-34-24(32)15-10-11-17-19(12-15)38-26(29(17)3)28-21(31)14-36-13-20(30)27-23-22(25(33)35-5-2)16-8-6-7-9-18(16)37-23/h10-12H,4-9,13-14H2,1-3H3,(H,27,30). The molecule has 0 fully saturated rings. The van der Waals surface area contributed by atoms with E-state index in [1.54, 1.807) is 43.7 Å². The van der Waals surface area contributed by atoms with E-state index in [0.717, 1.165) is 58.1 Å². The Morgan fingerprint density at radius 2 is 1.76 bits per heavy atom. The minimum absolute atomic E-state index is 0.0292. The fourth-order valence-electron chi connectivity index (χ4n) is 4.19. The lowest BCUT2D eigenvalue weighted by Gasteiger charge is -2.12. The van der Waals surface area contributed by atoms with Crippen molar-refractivity contribution in [2.45, 2.75) is 39.5 Å². The smallest absolute Gasteiger partial charge is 0.341 e. The summed E-state index contributed by atoms with van der Waals surface area (Å²) in [7, 11) is 1.80. The number of amides is 2. The summed E-state index contributed by atoms with van der Waals surface area (Å²) in [5.74, 6) is -1.38. The molecule has 2 amide bonds. The monoisotopic (exact) mass is 575 g/mol. The quantitative estimate of drug-likeness (QED) is 0.378. The molecule has 0 spiro atoms. The molecule has 0 aliphatic heterocycles. The van der Waals surface area contributed by atoms with Crippen molar-refractivity contribution in [2.24, 2.45) is 12.0 Å². The van der Waals surface area contributed by atoms with Crippen molar-refractivity contribution >= 4 is 73.4 Å². The molecule has 1 N–H and O–H groups in total. The SMILES string of the molecule is CCOC(=O)c1ccc2c(c1)sc(=NC(=O)CSCC(=O)Nc1sc3c(c1C(=O)OCC)CCCC3)n2C. The number of nitrogens with zero attached hydrogens (tertiary/aromatic N) is 2. The molecule has 0 unspecified atom stereocenters. The highest BCUT2D eigenvalue weighted by Crippen LogP contribution is 2.38. The van der Waals surface area contributed by atoms with E-state index in [4.69, 9.17) is 9.47 Å². The van der Waals surface area contributed by atoms with Crippen LogP contribution < -0.4 is 10.1 Å². The fourth-order valence-corrected chi connectivity index (χ4v) is 7.16. The van der Waals surface area contributed by atoms with Crippen LogP contribution in [0, 0.1) is 0 Å². The van der Waals surface area contributed by atoms with Crippen LogP contribution >= 0.6 is 34.4 Å². The van der Waals surface area contributed by atoms with Crippen LogP contribution in [0.3, 0.4) is 0 Å². The van der Waals surface area contributed by atoms with Gasteiger partial charge in [-0.3, -0.25) is 9.59 Å². The molecule has 0 saturated heterocycles. The van der Waals surface area contributed by atoms with Gasteiger partial charge in [0.05, 0.1) is 46.1 Å². The second-order valence-electron chi connectivity index (χ2n) is 8.53. The molecule has 0 atom stereocenters. The van der Waals surface area contributed by atoms with E-state index in [2.05, 4.69) is 10.3 Å². The van der Waals surface area contributed by atoms with Gasteiger partial charge < -0.3 is 19.4 Å². The molecule has 9 nitrogen and oxygen atoms in total. The number of fused-ring (bicyclic) bond motifs is 2. The second kappa shape index (κ2) is 12.7. The summed E-state index contributed by atoms with van der Waals surface area (Å²) >= 11 is 3.90. The summed E-state index contributed by atoms with van der Waals surface area (Å²) in [4.78, 5) is 55.6. The summed E-state index contributed by atoms with van der Waals surface area (Å²) in [6, 6.07) is 5.21. The van der Waals surface area contributed by atoms with Crippen LogP contribution in [-0.4, -0.2) is 53.0 Å². The molecule has 2 heterocycles. The minimum Gasteiger partial charge on any atom is -0.462 e. The number of esters is 2. The van der Waals surface area contributed by atoms with Gasteiger partial charge in [-0.25, -0.2) is 9.59 Å². The van der Waals surface area contributed by atoms with Gasteiger partial charge in [0, 0.05) is 11.9 Å². The number of anilines is 1. The lowest BCUT2D eigenvalue weighted by molar-refractivity contribution is -0.115. The topological polar surface area (TPSA) is 116 Å². The lowest BCUT2D eigenvalue weighted by atomic mass is 9.95. The Labute approximate surface area is 232 Å². The van der Waals surface area contributed by atoms with Crippen molar-refractivity contribution in [1.29, 1.82) is 0 Å². The molecule has 1 aromatic carbocycles. The van der Waals surface area contributed by atoms with Crippen LogP contribution in [0.4, 0.5) is 5.00 Å². The lowest BCUT2D eigenvalue weighted by Crippen LogP contribution is -2.18. The third-order valence-electron chi connectivity index (χ3n) is 5.90. The first-order valence-corrected chi connectivity index (χ1v) is 15.1. The fraction of sp³-hybridized carbons (Fsp3) is 0.423. The van der Waals surface area contributed by atoms with Crippen LogP contribution in [0.1, 0.15) is 57.8 Å². The molecule has 0 saturated carbocycles. The molecule has 4 rings (SSSR count). The van der Waals surface area contributed by atoms with Gasteiger partial charge >= 0.3 is 11.9 Å². The number of carbonyl (C=O) groups excluding carboxylic acids is 4. The number of aryl methyl sites for hydroxylation is 2. The Hall–Kier alpha value is -2.96. The Morgan fingerprint density at radius 1 is 1.03 bits per heavy atom. The van der Waals surface area contributed by atoms with Crippen molar-refractivity contribution in [3.8, 4) is 0 Å². The van der Waals surface area contributed by atoms with Crippen molar-refractivity contribution in [2.75, 3.05) is 30.0 Å². The van der Waals surface area contributed by atoms with Gasteiger partial charge in [-0.05, 0) is 63.3 Å².